The largest absolute Gasteiger partial charge is 0.507 e. The maximum Gasteiger partial charge on any atom is 0.294 e. The highest BCUT2D eigenvalue weighted by molar-refractivity contribution is 7.16. The zero-order valence-corrected chi connectivity index (χ0v) is 16.7. The molecule has 0 radical (unpaired) electrons. The van der Waals surface area contributed by atoms with Crippen LogP contribution in [-0.4, -0.2) is 37.1 Å². The van der Waals surface area contributed by atoms with Gasteiger partial charge in [-0.2, -0.15) is 0 Å². The van der Waals surface area contributed by atoms with E-state index in [9.17, 15) is 9.50 Å². The van der Waals surface area contributed by atoms with Gasteiger partial charge in [-0.1, -0.05) is 36.7 Å². The molecule has 4 rings (SSSR count). The lowest BCUT2D eigenvalue weighted by Crippen LogP contribution is -2.40. The molecule has 1 aliphatic rings. The quantitative estimate of drug-likeness (QED) is 0.665. The summed E-state index contributed by atoms with van der Waals surface area (Å²) in [4.78, 5) is 4.00. The van der Waals surface area contributed by atoms with Gasteiger partial charge in [0.05, 0.1) is 17.6 Å². The minimum atomic E-state index is -0.991. The highest BCUT2D eigenvalue weighted by Gasteiger charge is 2.38. The lowest BCUT2D eigenvalue weighted by molar-refractivity contribution is 0.00499. The molecule has 1 saturated carbocycles. The second kappa shape index (κ2) is 7.50. The molecular formula is C20H23FN4O2S. The molecule has 148 valence electrons. The van der Waals surface area contributed by atoms with E-state index in [2.05, 4.69) is 29.0 Å². The molecule has 1 aliphatic carbocycles. The Kier molecular flexibility index (Phi) is 5.05. The third-order valence-corrected chi connectivity index (χ3v) is 6.49. The number of rotatable bonds is 5. The molecule has 28 heavy (non-hydrogen) atoms. The van der Waals surface area contributed by atoms with Crippen LogP contribution in [0.2, 0.25) is 0 Å². The van der Waals surface area contributed by atoms with Gasteiger partial charge in [0.15, 0.2) is 5.01 Å². The molecular weight excluding hydrogens is 379 g/mol. The summed E-state index contributed by atoms with van der Waals surface area (Å²) in [6, 6.07) is 5.29. The van der Waals surface area contributed by atoms with Crippen LogP contribution in [0.15, 0.2) is 36.9 Å². The number of aromatic hydroxyl groups is 1. The first-order chi connectivity index (χ1) is 13.5. The first kappa shape index (κ1) is 18.9. The molecule has 0 aliphatic heterocycles. The molecule has 1 fully saturated rings. The van der Waals surface area contributed by atoms with E-state index in [1.807, 2.05) is 6.07 Å². The average molecular weight is 402 g/mol. The number of imidazole rings is 1. The van der Waals surface area contributed by atoms with Crippen molar-refractivity contribution in [1.82, 2.24) is 19.7 Å². The summed E-state index contributed by atoms with van der Waals surface area (Å²) in [5, 5.41) is 19.5. The van der Waals surface area contributed by atoms with Gasteiger partial charge in [-0.25, -0.2) is 9.37 Å². The predicted molar refractivity (Wildman–Crippen MR) is 106 cm³/mol. The molecule has 3 aromatic rings. The Labute approximate surface area is 167 Å². The van der Waals surface area contributed by atoms with Crippen molar-refractivity contribution in [2.75, 3.05) is 0 Å². The van der Waals surface area contributed by atoms with Crippen molar-refractivity contribution < 1.29 is 14.2 Å². The number of ether oxygens (including phenoxy) is 1. The summed E-state index contributed by atoms with van der Waals surface area (Å²) in [7, 11) is 0. The number of benzene rings is 1. The molecule has 0 bridgehead atoms. The standard InChI is InChI=1S/C20H23FN4O2S/c1-3-20(2)7-6-15(21)17(11-20)27-19-24-23-18(28-19)14-5-4-13(10-16(14)26)25-9-8-22-12-25/h4-5,8-10,12,15,17,26H,3,6-7,11H2,1-2H3/t15-,17-,20-/m0/s1. The van der Waals surface area contributed by atoms with Crippen molar-refractivity contribution in [3.05, 3.63) is 36.9 Å². The van der Waals surface area contributed by atoms with Crippen LogP contribution in [0.4, 0.5) is 4.39 Å². The number of hydrogen-bond acceptors (Lipinski definition) is 6. The van der Waals surface area contributed by atoms with Crippen LogP contribution >= 0.6 is 11.3 Å². The molecule has 8 heteroatoms. The van der Waals surface area contributed by atoms with Crippen molar-refractivity contribution in [1.29, 1.82) is 0 Å². The number of aromatic nitrogens is 4. The summed E-state index contributed by atoms with van der Waals surface area (Å²) in [5.74, 6) is 0.0912. The zero-order chi connectivity index (χ0) is 19.7. The summed E-state index contributed by atoms with van der Waals surface area (Å²) in [6.45, 7) is 4.32. The lowest BCUT2D eigenvalue weighted by Gasteiger charge is -2.38. The Morgan fingerprint density at radius 3 is 2.96 bits per heavy atom. The van der Waals surface area contributed by atoms with Crippen LogP contribution in [0.3, 0.4) is 0 Å². The number of alkyl halides is 1. The van der Waals surface area contributed by atoms with Crippen LogP contribution < -0.4 is 4.74 Å². The smallest absolute Gasteiger partial charge is 0.294 e. The van der Waals surface area contributed by atoms with Crippen molar-refractivity contribution >= 4 is 11.3 Å². The summed E-state index contributed by atoms with van der Waals surface area (Å²) in [5.41, 5.74) is 1.46. The predicted octanol–water partition coefficient (Wildman–Crippen LogP) is 4.78. The van der Waals surface area contributed by atoms with Crippen molar-refractivity contribution in [2.45, 2.75) is 51.8 Å². The zero-order valence-electron chi connectivity index (χ0n) is 15.9. The van der Waals surface area contributed by atoms with Gasteiger partial charge in [0, 0.05) is 18.5 Å². The van der Waals surface area contributed by atoms with Gasteiger partial charge in [-0.05, 0) is 36.8 Å². The van der Waals surface area contributed by atoms with E-state index >= 15 is 0 Å². The van der Waals surface area contributed by atoms with Crippen LogP contribution in [0, 0.1) is 5.41 Å². The summed E-state index contributed by atoms with van der Waals surface area (Å²) in [6.07, 6.45) is 6.70. The van der Waals surface area contributed by atoms with Crippen molar-refractivity contribution in [3.63, 3.8) is 0 Å². The van der Waals surface area contributed by atoms with Gasteiger partial charge in [0.1, 0.15) is 18.0 Å². The fraction of sp³-hybridized carbons (Fsp3) is 0.450. The van der Waals surface area contributed by atoms with Crippen LogP contribution in [0.1, 0.15) is 39.5 Å². The average Bonchev–Trinajstić information content (AvgIpc) is 3.37. The van der Waals surface area contributed by atoms with E-state index in [1.165, 1.54) is 11.3 Å². The van der Waals surface area contributed by atoms with Crippen LogP contribution in [0.5, 0.6) is 10.9 Å². The minimum absolute atomic E-state index is 0.0912. The molecule has 0 amide bonds. The van der Waals surface area contributed by atoms with E-state index in [-0.39, 0.29) is 11.2 Å². The Balaban J connectivity index is 1.51. The lowest BCUT2D eigenvalue weighted by atomic mass is 9.72. The third kappa shape index (κ3) is 3.73. The highest BCUT2D eigenvalue weighted by atomic mass is 32.1. The molecule has 1 N–H and O–H groups in total. The van der Waals surface area contributed by atoms with E-state index in [4.69, 9.17) is 4.74 Å². The number of phenols is 1. The Hall–Kier alpha value is -2.48. The van der Waals surface area contributed by atoms with Gasteiger partial charge in [-0.3, -0.25) is 0 Å². The summed E-state index contributed by atoms with van der Waals surface area (Å²) < 4.78 is 22.0. The van der Waals surface area contributed by atoms with Gasteiger partial charge < -0.3 is 14.4 Å². The van der Waals surface area contributed by atoms with Gasteiger partial charge in [0.25, 0.3) is 5.19 Å². The van der Waals surface area contributed by atoms with Gasteiger partial charge in [-0.15, -0.1) is 5.10 Å². The molecule has 2 heterocycles. The number of halogens is 1. The summed E-state index contributed by atoms with van der Waals surface area (Å²) >= 11 is 1.22. The normalized spacial score (nSPS) is 25.0. The van der Waals surface area contributed by atoms with Gasteiger partial charge in [0.2, 0.25) is 0 Å². The fourth-order valence-corrected chi connectivity index (χ4v) is 4.38. The SMILES string of the molecule is CC[C@@]1(C)CC[C@H](F)[C@@H](Oc2nnc(-c3ccc(-n4ccnc4)cc3O)s2)C1. The van der Waals surface area contributed by atoms with Crippen LogP contribution in [0.25, 0.3) is 16.3 Å². The first-order valence-corrected chi connectivity index (χ1v) is 10.2. The monoisotopic (exact) mass is 402 g/mol. The molecule has 1 aromatic carbocycles. The Morgan fingerprint density at radius 2 is 2.25 bits per heavy atom. The second-order valence-corrected chi connectivity index (χ2v) is 8.56. The molecule has 0 spiro atoms. The van der Waals surface area contributed by atoms with Crippen LogP contribution in [-0.2, 0) is 0 Å². The van der Waals surface area contributed by atoms with E-state index in [0.29, 0.717) is 28.6 Å². The molecule has 0 unspecified atom stereocenters. The van der Waals surface area contributed by atoms with Crippen molar-refractivity contribution in [2.24, 2.45) is 5.41 Å². The van der Waals surface area contributed by atoms with E-state index in [0.717, 1.165) is 18.5 Å². The Morgan fingerprint density at radius 1 is 1.39 bits per heavy atom. The fourth-order valence-electron chi connectivity index (χ4n) is 3.59. The maximum atomic E-state index is 14.4. The van der Waals surface area contributed by atoms with E-state index in [1.54, 1.807) is 35.4 Å². The molecule has 0 saturated heterocycles. The topological polar surface area (TPSA) is 73.1 Å². The first-order valence-electron chi connectivity index (χ1n) is 9.43. The van der Waals surface area contributed by atoms with Crippen molar-refractivity contribution in [3.8, 4) is 27.2 Å². The van der Waals surface area contributed by atoms with Gasteiger partial charge >= 0.3 is 0 Å². The number of hydrogen-bond donors (Lipinski definition) is 1. The molecule has 6 nitrogen and oxygen atoms in total. The Bertz CT molecular complexity index is 946. The number of phenolic OH excluding ortho intramolecular Hbond substituents is 1. The molecule has 3 atom stereocenters. The van der Waals surface area contributed by atoms with E-state index < -0.39 is 12.3 Å². The third-order valence-electron chi connectivity index (χ3n) is 5.65. The maximum absolute atomic E-state index is 14.4. The number of nitrogens with zero attached hydrogens (tertiary/aromatic N) is 4. The second-order valence-electron chi connectivity index (χ2n) is 7.62. The highest BCUT2D eigenvalue weighted by Crippen LogP contribution is 2.42. The minimum Gasteiger partial charge on any atom is -0.507 e. The molecule has 2 aromatic heterocycles.